The van der Waals surface area contributed by atoms with Crippen molar-refractivity contribution in [3.63, 3.8) is 0 Å². The van der Waals surface area contributed by atoms with Gasteiger partial charge in [-0.3, -0.25) is 9.36 Å². The van der Waals surface area contributed by atoms with Crippen molar-refractivity contribution in [1.82, 2.24) is 19.9 Å². The maximum Gasteiger partial charge on any atom is 0.420 e. The molecule has 0 radical (unpaired) electrons. The number of aromatic nitrogens is 3. The number of hydrogen-bond acceptors (Lipinski definition) is 7. The fourth-order valence-corrected chi connectivity index (χ4v) is 3.99. The van der Waals surface area contributed by atoms with E-state index in [0.717, 1.165) is 43.0 Å². The summed E-state index contributed by atoms with van der Waals surface area (Å²) < 4.78 is 12.6. The molecule has 0 aliphatic carbocycles. The van der Waals surface area contributed by atoms with Crippen molar-refractivity contribution in [2.75, 3.05) is 18.0 Å². The van der Waals surface area contributed by atoms with Gasteiger partial charge >= 0.3 is 5.76 Å². The second-order valence-corrected chi connectivity index (χ2v) is 7.53. The number of ether oxygens (including phenoxy) is 1. The van der Waals surface area contributed by atoms with Crippen LogP contribution in [0.4, 0.5) is 5.82 Å². The van der Waals surface area contributed by atoms with E-state index >= 15 is 0 Å². The van der Waals surface area contributed by atoms with Gasteiger partial charge in [0.15, 0.2) is 11.2 Å². The second kappa shape index (κ2) is 6.61. The molecule has 0 aromatic carbocycles. The van der Waals surface area contributed by atoms with Gasteiger partial charge in [-0.05, 0) is 18.6 Å². The van der Waals surface area contributed by atoms with Crippen LogP contribution in [0.3, 0.4) is 0 Å². The number of carbonyl (C=O) groups is 1. The standard InChI is InChI=1S/C20H21N5O4/c1-11-7-14-15(10-22-19(14)26)23-17(11)25-5-3-12(4-6-25)28-13-8-16-18(21-9-13)24(2)20(27)29-16/h7-9,12H,3-6,10H2,1-2H3,(H,22,26). The third-order valence-corrected chi connectivity index (χ3v) is 5.57. The summed E-state index contributed by atoms with van der Waals surface area (Å²) in [6, 6.07) is 3.64. The van der Waals surface area contributed by atoms with Gasteiger partial charge in [0, 0.05) is 39.0 Å². The van der Waals surface area contributed by atoms with E-state index in [1.807, 2.05) is 13.0 Å². The Bertz CT molecular complexity index is 1170. The summed E-state index contributed by atoms with van der Waals surface area (Å²) in [5, 5.41) is 2.82. The van der Waals surface area contributed by atoms with Crippen LogP contribution in [0.15, 0.2) is 27.5 Å². The first-order chi connectivity index (χ1) is 14.0. The molecule has 9 nitrogen and oxygen atoms in total. The molecule has 2 aliphatic rings. The highest BCUT2D eigenvalue weighted by Crippen LogP contribution is 2.28. The molecule has 0 bridgehead atoms. The minimum Gasteiger partial charge on any atom is -0.489 e. The predicted octanol–water partition coefficient (Wildman–Crippen LogP) is 1.52. The number of aryl methyl sites for hydroxylation is 2. The van der Waals surface area contributed by atoms with E-state index in [2.05, 4.69) is 15.2 Å². The molecule has 0 atom stereocenters. The molecule has 0 unspecified atom stereocenters. The molecule has 2 aliphatic heterocycles. The summed E-state index contributed by atoms with van der Waals surface area (Å²) in [5.74, 6) is 1.05. The van der Waals surface area contributed by atoms with Crippen molar-refractivity contribution < 1.29 is 13.9 Å². The molecule has 5 heterocycles. The Kier molecular flexibility index (Phi) is 4.04. The summed E-state index contributed by atoms with van der Waals surface area (Å²) >= 11 is 0. The monoisotopic (exact) mass is 395 g/mol. The van der Waals surface area contributed by atoms with Crippen molar-refractivity contribution in [2.45, 2.75) is 32.4 Å². The molecule has 0 saturated carbocycles. The van der Waals surface area contributed by atoms with Gasteiger partial charge < -0.3 is 19.4 Å². The Balaban J connectivity index is 1.27. The molecular weight excluding hydrogens is 374 g/mol. The molecule has 29 heavy (non-hydrogen) atoms. The lowest BCUT2D eigenvalue weighted by Gasteiger charge is -2.33. The summed E-state index contributed by atoms with van der Waals surface area (Å²) in [7, 11) is 1.62. The van der Waals surface area contributed by atoms with Gasteiger partial charge in [-0.1, -0.05) is 0 Å². The number of oxazole rings is 1. The highest BCUT2D eigenvalue weighted by molar-refractivity contribution is 5.98. The topological polar surface area (TPSA) is 102 Å². The number of hydrogen-bond donors (Lipinski definition) is 1. The van der Waals surface area contributed by atoms with E-state index in [1.54, 1.807) is 19.3 Å². The van der Waals surface area contributed by atoms with Crippen molar-refractivity contribution in [3.8, 4) is 5.75 Å². The second-order valence-electron chi connectivity index (χ2n) is 7.53. The zero-order valence-electron chi connectivity index (χ0n) is 16.3. The van der Waals surface area contributed by atoms with Gasteiger partial charge in [-0.2, -0.15) is 0 Å². The zero-order valence-corrected chi connectivity index (χ0v) is 16.3. The third kappa shape index (κ3) is 3.02. The molecule has 1 amide bonds. The molecule has 150 valence electrons. The fourth-order valence-electron chi connectivity index (χ4n) is 3.99. The van der Waals surface area contributed by atoms with Crippen LogP contribution in [-0.2, 0) is 13.6 Å². The van der Waals surface area contributed by atoms with E-state index in [1.165, 1.54) is 4.57 Å². The largest absolute Gasteiger partial charge is 0.489 e. The first-order valence-electron chi connectivity index (χ1n) is 9.65. The lowest BCUT2D eigenvalue weighted by molar-refractivity contribution is 0.0965. The van der Waals surface area contributed by atoms with E-state index < -0.39 is 5.76 Å². The molecule has 1 saturated heterocycles. The SMILES string of the molecule is Cc1cc2c(nc1N1CCC(Oc3cnc4c(c3)oc(=O)n4C)CC1)CNC2=O. The van der Waals surface area contributed by atoms with E-state index in [0.29, 0.717) is 29.1 Å². The van der Waals surface area contributed by atoms with Gasteiger partial charge in [-0.25, -0.2) is 14.8 Å². The Morgan fingerprint density at radius 3 is 2.83 bits per heavy atom. The van der Waals surface area contributed by atoms with Crippen LogP contribution in [0, 0.1) is 6.92 Å². The summed E-state index contributed by atoms with van der Waals surface area (Å²) in [4.78, 5) is 34.7. The van der Waals surface area contributed by atoms with Crippen LogP contribution in [0.25, 0.3) is 11.2 Å². The molecule has 3 aromatic heterocycles. The number of rotatable bonds is 3. The number of pyridine rings is 2. The Morgan fingerprint density at radius 1 is 1.24 bits per heavy atom. The van der Waals surface area contributed by atoms with Crippen molar-refractivity contribution in [2.24, 2.45) is 7.05 Å². The van der Waals surface area contributed by atoms with E-state index in [-0.39, 0.29) is 12.0 Å². The predicted molar refractivity (Wildman–Crippen MR) is 105 cm³/mol. The van der Waals surface area contributed by atoms with Crippen LogP contribution in [0.2, 0.25) is 0 Å². The highest BCUT2D eigenvalue weighted by atomic mass is 16.5. The van der Waals surface area contributed by atoms with Gasteiger partial charge in [0.2, 0.25) is 0 Å². The lowest BCUT2D eigenvalue weighted by Crippen LogP contribution is -2.39. The molecule has 1 N–H and O–H groups in total. The molecule has 3 aromatic rings. The minimum atomic E-state index is -0.438. The Hall–Kier alpha value is -3.36. The van der Waals surface area contributed by atoms with Gasteiger partial charge in [0.05, 0.1) is 24.0 Å². The summed E-state index contributed by atoms with van der Waals surface area (Å²) in [6.07, 6.45) is 3.36. The number of anilines is 1. The van der Waals surface area contributed by atoms with E-state index in [4.69, 9.17) is 14.1 Å². The molecule has 0 spiro atoms. The third-order valence-electron chi connectivity index (χ3n) is 5.57. The minimum absolute atomic E-state index is 0.0471. The van der Waals surface area contributed by atoms with Crippen LogP contribution < -0.4 is 20.7 Å². The quantitative estimate of drug-likeness (QED) is 0.717. The van der Waals surface area contributed by atoms with Crippen molar-refractivity contribution in [3.05, 3.63) is 45.7 Å². The normalized spacial score (nSPS) is 16.9. The van der Waals surface area contributed by atoms with Gasteiger partial charge in [-0.15, -0.1) is 0 Å². The smallest absolute Gasteiger partial charge is 0.420 e. The number of nitrogens with one attached hydrogen (secondary N) is 1. The average Bonchev–Trinajstić information content (AvgIpc) is 3.21. The number of piperidine rings is 1. The van der Waals surface area contributed by atoms with Gasteiger partial charge in [0.25, 0.3) is 5.91 Å². The number of nitrogens with zero attached hydrogens (tertiary/aromatic N) is 4. The molecule has 9 heteroatoms. The fraction of sp³-hybridized carbons (Fsp3) is 0.400. The first-order valence-corrected chi connectivity index (χ1v) is 9.65. The van der Waals surface area contributed by atoms with E-state index in [9.17, 15) is 9.59 Å². The first kappa shape index (κ1) is 17.7. The van der Waals surface area contributed by atoms with Crippen molar-refractivity contribution >= 4 is 23.0 Å². The number of amides is 1. The van der Waals surface area contributed by atoms with Crippen LogP contribution in [0.1, 0.15) is 34.5 Å². The average molecular weight is 395 g/mol. The molecular formula is C20H21N5O4. The van der Waals surface area contributed by atoms with Crippen molar-refractivity contribution in [1.29, 1.82) is 0 Å². The summed E-state index contributed by atoms with van der Waals surface area (Å²) in [6.45, 7) is 4.11. The lowest BCUT2D eigenvalue weighted by atomic mass is 10.1. The highest BCUT2D eigenvalue weighted by Gasteiger charge is 2.26. The Morgan fingerprint density at radius 2 is 2.03 bits per heavy atom. The summed E-state index contributed by atoms with van der Waals surface area (Å²) in [5.41, 5.74) is 3.43. The molecule has 5 rings (SSSR count). The Labute approximate surface area is 166 Å². The maximum absolute atomic E-state index is 11.8. The number of fused-ring (bicyclic) bond motifs is 2. The molecule has 1 fully saturated rings. The zero-order chi connectivity index (χ0) is 20.1. The maximum atomic E-state index is 11.8. The van der Waals surface area contributed by atoms with Crippen LogP contribution in [-0.4, -0.2) is 39.6 Å². The van der Waals surface area contributed by atoms with Gasteiger partial charge in [0.1, 0.15) is 17.7 Å². The van der Waals surface area contributed by atoms with Crippen LogP contribution in [0.5, 0.6) is 5.75 Å². The number of carbonyl (C=O) groups excluding carboxylic acids is 1. The van der Waals surface area contributed by atoms with Crippen LogP contribution >= 0.6 is 0 Å².